The second-order valence-corrected chi connectivity index (χ2v) is 4.68. The Hall–Kier alpha value is -1.51. The van der Waals surface area contributed by atoms with Crippen LogP contribution < -0.4 is 4.74 Å². The molecule has 1 unspecified atom stereocenters. The average Bonchev–Trinajstić information content (AvgIpc) is 2.72. The smallest absolute Gasteiger partial charge is 0.260 e. The fourth-order valence-corrected chi connectivity index (χ4v) is 2.24. The van der Waals surface area contributed by atoms with Crippen molar-refractivity contribution in [2.45, 2.75) is 32.7 Å². The number of likely N-dealkylation sites (tertiary alicyclic amines) is 1. The van der Waals surface area contributed by atoms with Gasteiger partial charge in [0.15, 0.2) is 6.61 Å². The Kier molecular flexibility index (Phi) is 3.67. The van der Waals surface area contributed by atoms with Crippen LogP contribution in [0.5, 0.6) is 5.75 Å². The monoisotopic (exact) mass is 233 g/mol. The predicted octanol–water partition coefficient (Wildman–Crippen LogP) is 2.38. The zero-order chi connectivity index (χ0) is 12.3. The maximum atomic E-state index is 11.9. The molecule has 1 saturated heterocycles. The summed E-state index contributed by atoms with van der Waals surface area (Å²) in [6, 6.07) is 8.14. The Morgan fingerprint density at radius 1 is 1.53 bits per heavy atom. The number of hydrogen-bond acceptors (Lipinski definition) is 2. The number of amides is 1. The van der Waals surface area contributed by atoms with Gasteiger partial charge >= 0.3 is 0 Å². The van der Waals surface area contributed by atoms with Crippen LogP contribution in [0.4, 0.5) is 0 Å². The van der Waals surface area contributed by atoms with Gasteiger partial charge in [-0.3, -0.25) is 4.79 Å². The van der Waals surface area contributed by atoms with Crippen LogP contribution in [0.25, 0.3) is 0 Å². The maximum absolute atomic E-state index is 11.9. The molecule has 3 heteroatoms. The molecule has 1 aromatic rings. The van der Waals surface area contributed by atoms with E-state index in [0.29, 0.717) is 6.04 Å². The Bertz CT molecular complexity index is 403. The normalized spacial score (nSPS) is 19.4. The molecule has 1 aliphatic rings. The van der Waals surface area contributed by atoms with Crippen molar-refractivity contribution in [3.8, 4) is 5.75 Å². The lowest BCUT2D eigenvalue weighted by molar-refractivity contribution is -0.133. The molecule has 3 nitrogen and oxygen atoms in total. The first-order valence-corrected chi connectivity index (χ1v) is 6.16. The summed E-state index contributed by atoms with van der Waals surface area (Å²) in [6.45, 7) is 5.12. The quantitative estimate of drug-likeness (QED) is 0.802. The molecule has 17 heavy (non-hydrogen) atoms. The lowest BCUT2D eigenvalue weighted by atomic mass is 10.2. The molecule has 0 bridgehead atoms. The van der Waals surface area contributed by atoms with Gasteiger partial charge in [0.2, 0.25) is 0 Å². The SMILES string of the molecule is Cc1cccc(OCC(=O)N2CCCC2C)c1. The lowest BCUT2D eigenvalue weighted by Crippen LogP contribution is -2.37. The lowest BCUT2D eigenvalue weighted by Gasteiger charge is -2.21. The summed E-state index contributed by atoms with van der Waals surface area (Å²) in [5.41, 5.74) is 1.14. The number of ether oxygens (including phenoxy) is 1. The van der Waals surface area contributed by atoms with E-state index < -0.39 is 0 Å². The summed E-state index contributed by atoms with van der Waals surface area (Å²) in [7, 11) is 0. The first-order chi connectivity index (χ1) is 8.16. The fourth-order valence-electron chi connectivity index (χ4n) is 2.24. The van der Waals surface area contributed by atoms with E-state index in [1.165, 1.54) is 0 Å². The number of benzene rings is 1. The third-order valence-electron chi connectivity index (χ3n) is 3.23. The van der Waals surface area contributed by atoms with Crippen LogP contribution in [0, 0.1) is 6.92 Å². The molecule has 1 atom stereocenters. The highest BCUT2D eigenvalue weighted by Crippen LogP contribution is 2.17. The Labute approximate surface area is 102 Å². The van der Waals surface area contributed by atoms with Crippen molar-refractivity contribution in [2.75, 3.05) is 13.2 Å². The van der Waals surface area contributed by atoms with Crippen LogP contribution in [0.1, 0.15) is 25.3 Å². The second-order valence-electron chi connectivity index (χ2n) is 4.68. The maximum Gasteiger partial charge on any atom is 0.260 e. The first-order valence-electron chi connectivity index (χ1n) is 6.16. The van der Waals surface area contributed by atoms with E-state index in [4.69, 9.17) is 4.74 Å². The molecule has 0 radical (unpaired) electrons. The molecular formula is C14H19NO2. The van der Waals surface area contributed by atoms with Crippen LogP contribution in [0.2, 0.25) is 0 Å². The highest BCUT2D eigenvalue weighted by atomic mass is 16.5. The van der Waals surface area contributed by atoms with Crippen LogP contribution >= 0.6 is 0 Å². The van der Waals surface area contributed by atoms with Crippen LogP contribution in [-0.4, -0.2) is 30.0 Å². The molecule has 0 N–H and O–H groups in total. The summed E-state index contributed by atoms with van der Waals surface area (Å²) in [4.78, 5) is 13.8. The summed E-state index contributed by atoms with van der Waals surface area (Å²) in [6.07, 6.45) is 2.22. The van der Waals surface area contributed by atoms with Gasteiger partial charge in [0.25, 0.3) is 5.91 Å². The predicted molar refractivity (Wildman–Crippen MR) is 67.1 cm³/mol. The molecule has 1 amide bonds. The highest BCUT2D eigenvalue weighted by molar-refractivity contribution is 5.78. The van der Waals surface area contributed by atoms with Gasteiger partial charge in [-0.05, 0) is 44.4 Å². The van der Waals surface area contributed by atoms with E-state index in [2.05, 4.69) is 6.92 Å². The van der Waals surface area contributed by atoms with Gasteiger partial charge in [0.05, 0.1) is 0 Å². The fraction of sp³-hybridized carbons (Fsp3) is 0.500. The van der Waals surface area contributed by atoms with Crippen LogP contribution in [0.15, 0.2) is 24.3 Å². The zero-order valence-electron chi connectivity index (χ0n) is 10.5. The Morgan fingerprint density at radius 3 is 3.00 bits per heavy atom. The van der Waals surface area contributed by atoms with Crippen molar-refractivity contribution >= 4 is 5.91 Å². The molecule has 1 aliphatic heterocycles. The highest BCUT2D eigenvalue weighted by Gasteiger charge is 2.24. The zero-order valence-corrected chi connectivity index (χ0v) is 10.5. The molecule has 1 aromatic carbocycles. The van der Waals surface area contributed by atoms with Crippen molar-refractivity contribution < 1.29 is 9.53 Å². The van der Waals surface area contributed by atoms with Gasteiger partial charge in [0.1, 0.15) is 5.75 Å². The third kappa shape index (κ3) is 2.99. The summed E-state index contributed by atoms with van der Waals surface area (Å²) >= 11 is 0. The van der Waals surface area contributed by atoms with Gasteiger partial charge in [-0.2, -0.15) is 0 Å². The van der Waals surface area contributed by atoms with Crippen molar-refractivity contribution in [3.05, 3.63) is 29.8 Å². The number of aryl methyl sites for hydroxylation is 1. The number of carbonyl (C=O) groups excluding carboxylic acids is 1. The first kappa shape index (κ1) is 12.0. The topological polar surface area (TPSA) is 29.5 Å². The average molecular weight is 233 g/mol. The molecule has 1 heterocycles. The number of rotatable bonds is 3. The molecule has 0 aromatic heterocycles. The van der Waals surface area contributed by atoms with Crippen LogP contribution in [-0.2, 0) is 4.79 Å². The summed E-state index contributed by atoms with van der Waals surface area (Å²) in [5, 5.41) is 0. The molecule has 0 saturated carbocycles. The van der Waals surface area contributed by atoms with Gasteiger partial charge in [-0.25, -0.2) is 0 Å². The van der Waals surface area contributed by atoms with Gasteiger partial charge < -0.3 is 9.64 Å². The number of carbonyl (C=O) groups is 1. The van der Waals surface area contributed by atoms with E-state index >= 15 is 0 Å². The van der Waals surface area contributed by atoms with Crippen LogP contribution in [0.3, 0.4) is 0 Å². The largest absolute Gasteiger partial charge is 0.484 e. The van der Waals surface area contributed by atoms with E-state index in [1.54, 1.807) is 0 Å². The number of nitrogens with zero attached hydrogens (tertiary/aromatic N) is 1. The molecular weight excluding hydrogens is 214 g/mol. The minimum Gasteiger partial charge on any atom is -0.484 e. The Morgan fingerprint density at radius 2 is 2.35 bits per heavy atom. The molecule has 92 valence electrons. The molecule has 1 fully saturated rings. The van der Waals surface area contributed by atoms with Gasteiger partial charge in [0, 0.05) is 12.6 Å². The van der Waals surface area contributed by atoms with Crippen molar-refractivity contribution in [2.24, 2.45) is 0 Å². The van der Waals surface area contributed by atoms with E-state index in [-0.39, 0.29) is 12.5 Å². The van der Waals surface area contributed by atoms with E-state index in [0.717, 1.165) is 30.7 Å². The van der Waals surface area contributed by atoms with Crippen molar-refractivity contribution in [3.63, 3.8) is 0 Å². The summed E-state index contributed by atoms with van der Waals surface area (Å²) in [5.74, 6) is 0.863. The summed E-state index contributed by atoms with van der Waals surface area (Å²) < 4.78 is 5.52. The minimum atomic E-state index is 0.0940. The molecule has 2 rings (SSSR count). The Balaban J connectivity index is 1.88. The van der Waals surface area contributed by atoms with Gasteiger partial charge in [-0.1, -0.05) is 12.1 Å². The standard InChI is InChI=1S/C14H19NO2/c1-11-5-3-7-13(9-11)17-10-14(16)15-8-4-6-12(15)2/h3,5,7,9,12H,4,6,8,10H2,1-2H3. The van der Waals surface area contributed by atoms with Gasteiger partial charge in [-0.15, -0.1) is 0 Å². The molecule has 0 aliphatic carbocycles. The minimum absolute atomic E-state index is 0.0940. The van der Waals surface area contributed by atoms with E-state index in [1.807, 2.05) is 36.1 Å². The van der Waals surface area contributed by atoms with E-state index in [9.17, 15) is 4.79 Å². The van der Waals surface area contributed by atoms with Crippen molar-refractivity contribution in [1.29, 1.82) is 0 Å². The number of hydrogen-bond donors (Lipinski definition) is 0. The second kappa shape index (κ2) is 5.21. The molecule has 0 spiro atoms. The third-order valence-corrected chi connectivity index (χ3v) is 3.23. The van der Waals surface area contributed by atoms with Crippen molar-refractivity contribution in [1.82, 2.24) is 4.90 Å².